The third-order valence-electron chi connectivity index (χ3n) is 7.69. The smallest absolute Gasteiger partial charge is 0.225 e. The highest BCUT2D eigenvalue weighted by Gasteiger charge is 2.80. The van der Waals surface area contributed by atoms with E-state index < -0.39 is 5.41 Å². The van der Waals surface area contributed by atoms with Crippen LogP contribution in [0.1, 0.15) is 36.6 Å². The third kappa shape index (κ3) is 2.74. The minimum Gasteiger partial charge on any atom is -0.442 e. The largest absolute Gasteiger partial charge is 0.442 e. The molecule has 1 spiro atoms. The van der Waals surface area contributed by atoms with E-state index in [-0.39, 0.29) is 22.8 Å². The van der Waals surface area contributed by atoms with Gasteiger partial charge in [0.1, 0.15) is 5.01 Å². The number of hydrogen-bond donors (Lipinski definition) is 1. The third-order valence-corrected chi connectivity index (χ3v) is 8.63. The van der Waals surface area contributed by atoms with Crippen molar-refractivity contribution in [3.05, 3.63) is 23.6 Å². The number of aromatic nitrogens is 3. The van der Waals surface area contributed by atoms with Crippen molar-refractivity contribution >= 4 is 23.2 Å². The molecule has 2 aliphatic heterocycles. The highest BCUT2D eigenvalue weighted by Crippen LogP contribution is 2.77. The number of carbonyl (C=O) groups excluding carboxylic acids is 1. The van der Waals surface area contributed by atoms with Crippen molar-refractivity contribution in [2.75, 3.05) is 38.3 Å². The van der Waals surface area contributed by atoms with Crippen molar-refractivity contribution in [2.45, 2.75) is 37.2 Å². The molecule has 2 atom stereocenters. The number of nitrogens with two attached hydrogens (primary N) is 1. The molecule has 2 N–H and O–H groups in total. The van der Waals surface area contributed by atoms with Crippen molar-refractivity contribution in [2.24, 2.45) is 16.6 Å². The number of anilines is 1. The summed E-state index contributed by atoms with van der Waals surface area (Å²) in [5.41, 5.74) is 5.10. The van der Waals surface area contributed by atoms with Crippen molar-refractivity contribution in [1.82, 2.24) is 15.0 Å². The van der Waals surface area contributed by atoms with E-state index >= 15 is 0 Å². The normalized spacial score (nSPS) is 35.8. The number of carbonyl (C=O) groups is 1. The molecule has 2 bridgehead atoms. The topological polar surface area (TPSA) is 113 Å². The zero-order valence-corrected chi connectivity index (χ0v) is 18.2. The van der Waals surface area contributed by atoms with Gasteiger partial charge in [0, 0.05) is 32.2 Å². The maximum absolute atomic E-state index is 12.0. The molecule has 2 unspecified atom stereocenters. The fourth-order valence-electron chi connectivity index (χ4n) is 5.88. The van der Waals surface area contributed by atoms with Gasteiger partial charge in [0.15, 0.2) is 5.75 Å². The van der Waals surface area contributed by atoms with Crippen molar-refractivity contribution < 1.29 is 19.0 Å². The Hall–Kier alpha value is -2.30. The molecule has 3 saturated carbocycles. The van der Waals surface area contributed by atoms with Crippen LogP contribution in [0.2, 0.25) is 0 Å². The second kappa shape index (κ2) is 6.60. The number of hydrogen-bond acceptors (Lipinski definition) is 9. The molecule has 5 aliphatic rings. The first-order valence-electron chi connectivity index (χ1n) is 10.6. The van der Waals surface area contributed by atoms with Crippen LogP contribution in [-0.4, -0.2) is 59.9 Å². The first kappa shape index (κ1) is 19.4. The lowest BCUT2D eigenvalue weighted by molar-refractivity contribution is -0.283. The number of rotatable bonds is 6. The van der Waals surface area contributed by atoms with Crippen LogP contribution >= 0.6 is 11.3 Å². The second-order valence-electron chi connectivity index (χ2n) is 9.39. The molecule has 2 aromatic rings. The molecule has 31 heavy (non-hydrogen) atoms. The highest BCUT2D eigenvalue weighted by atomic mass is 32.1. The molecule has 10 heteroatoms. The molecule has 164 valence electrons. The molecule has 1 amide bonds. The van der Waals surface area contributed by atoms with Gasteiger partial charge in [0.25, 0.3) is 0 Å². The maximum atomic E-state index is 12.0. The van der Waals surface area contributed by atoms with E-state index in [1.165, 1.54) is 11.3 Å². The zero-order valence-electron chi connectivity index (χ0n) is 17.4. The Bertz CT molecular complexity index is 1010. The Morgan fingerprint density at radius 1 is 1.26 bits per heavy atom. The van der Waals surface area contributed by atoms with Gasteiger partial charge >= 0.3 is 0 Å². The van der Waals surface area contributed by atoms with Gasteiger partial charge < -0.3 is 24.8 Å². The van der Waals surface area contributed by atoms with Crippen LogP contribution in [-0.2, 0) is 14.3 Å². The predicted molar refractivity (Wildman–Crippen MR) is 112 cm³/mol. The summed E-state index contributed by atoms with van der Waals surface area (Å²) in [6.45, 7) is 3.58. The Morgan fingerprint density at radius 2 is 2.06 bits per heavy atom. The molecule has 2 saturated heterocycles. The first-order chi connectivity index (χ1) is 15.0. The van der Waals surface area contributed by atoms with E-state index in [2.05, 4.69) is 19.9 Å². The average Bonchev–Trinajstić information content (AvgIpc) is 3.45. The number of nitrogens with zero attached hydrogens (tertiary/aromatic N) is 4. The van der Waals surface area contributed by atoms with E-state index in [1.54, 1.807) is 25.7 Å². The van der Waals surface area contributed by atoms with Gasteiger partial charge in [-0.3, -0.25) is 4.79 Å². The van der Waals surface area contributed by atoms with Crippen LogP contribution in [0.5, 0.6) is 10.8 Å². The highest BCUT2D eigenvalue weighted by molar-refractivity contribution is 7.13. The van der Waals surface area contributed by atoms with Crippen LogP contribution < -0.4 is 15.4 Å². The number of ether oxygens (including phenoxy) is 3. The minimum absolute atomic E-state index is 0.0921. The quantitative estimate of drug-likeness (QED) is 0.722. The van der Waals surface area contributed by atoms with Gasteiger partial charge in [-0.05, 0) is 25.7 Å². The molecule has 7 rings (SSSR count). The van der Waals surface area contributed by atoms with Gasteiger partial charge in [0.05, 0.1) is 42.1 Å². The lowest BCUT2D eigenvalue weighted by Gasteiger charge is -2.72. The minimum atomic E-state index is -0.520. The second-order valence-corrected chi connectivity index (χ2v) is 10.4. The summed E-state index contributed by atoms with van der Waals surface area (Å²) >= 11 is 1.42. The van der Waals surface area contributed by atoms with Crippen molar-refractivity contribution in [1.29, 1.82) is 0 Å². The zero-order chi connectivity index (χ0) is 21.3. The number of primary amides is 1. The van der Waals surface area contributed by atoms with Gasteiger partial charge in [-0.2, -0.15) is 0 Å². The van der Waals surface area contributed by atoms with E-state index in [0.717, 1.165) is 50.1 Å². The molecule has 5 fully saturated rings. The molecule has 4 heterocycles. The van der Waals surface area contributed by atoms with Crippen LogP contribution in [0.15, 0.2) is 18.6 Å². The summed E-state index contributed by atoms with van der Waals surface area (Å²) in [7, 11) is 1.68. The van der Waals surface area contributed by atoms with Crippen LogP contribution in [0.3, 0.4) is 0 Å². The molecule has 3 aliphatic carbocycles. The molecular formula is C21H25N5O4S. The molecular weight excluding hydrogens is 418 g/mol. The van der Waals surface area contributed by atoms with E-state index in [1.807, 2.05) is 0 Å². The van der Waals surface area contributed by atoms with E-state index in [0.29, 0.717) is 23.7 Å². The molecule has 0 aromatic carbocycles. The summed E-state index contributed by atoms with van der Waals surface area (Å²) in [5, 5.41) is 1.46. The van der Waals surface area contributed by atoms with Gasteiger partial charge in [-0.1, -0.05) is 11.3 Å². The Balaban J connectivity index is 1.13. The maximum Gasteiger partial charge on any atom is 0.225 e. The van der Waals surface area contributed by atoms with Crippen LogP contribution in [0, 0.1) is 10.8 Å². The summed E-state index contributed by atoms with van der Waals surface area (Å²) in [6, 6.07) is 0. The number of methoxy groups -OCH3 is 1. The lowest BCUT2D eigenvalue weighted by Crippen LogP contribution is -2.78. The van der Waals surface area contributed by atoms with Crippen molar-refractivity contribution in [3.63, 3.8) is 0 Å². The Morgan fingerprint density at radius 3 is 2.74 bits per heavy atom. The Labute approximate surface area is 183 Å². The van der Waals surface area contributed by atoms with Gasteiger partial charge in [-0.25, -0.2) is 15.0 Å². The fourth-order valence-corrected chi connectivity index (χ4v) is 6.99. The first-order valence-corrected chi connectivity index (χ1v) is 11.4. The molecule has 0 radical (unpaired) electrons. The number of thiazole rings is 1. The summed E-state index contributed by atoms with van der Waals surface area (Å²) in [4.78, 5) is 27.7. The summed E-state index contributed by atoms with van der Waals surface area (Å²) in [5.74, 6) is 0.916. The van der Waals surface area contributed by atoms with Gasteiger partial charge in [-0.15, -0.1) is 0 Å². The fraction of sp³-hybridized carbons (Fsp3) is 0.619. The lowest BCUT2D eigenvalue weighted by atomic mass is 9.34. The summed E-state index contributed by atoms with van der Waals surface area (Å²) in [6.07, 6.45) is 8.64. The number of amides is 1. The summed E-state index contributed by atoms with van der Waals surface area (Å²) < 4.78 is 17.2. The predicted octanol–water partition coefficient (Wildman–Crippen LogP) is 2.09. The van der Waals surface area contributed by atoms with E-state index in [4.69, 9.17) is 19.9 Å². The van der Waals surface area contributed by atoms with Crippen LogP contribution in [0.4, 0.5) is 5.95 Å². The molecule has 2 aromatic heterocycles. The van der Waals surface area contributed by atoms with Crippen LogP contribution in [0.25, 0.3) is 0 Å². The van der Waals surface area contributed by atoms with Gasteiger partial charge in [0.2, 0.25) is 16.9 Å². The average molecular weight is 444 g/mol. The van der Waals surface area contributed by atoms with E-state index in [9.17, 15) is 4.79 Å². The Kier molecular flexibility index (Phi) is 4.13. The standard InChI is InChI=1S/C21H25N5O4S/c1-28-21-9-20(10-21,17(22)27)15(21)16-23-8-14(31-16)30-13-6-24-18(25-7-13)26-4-2-19(11-26)3-5-29-12-19/h6-8,15H,2-5,9-12H2,1H3,(H2,22,27). The SMILES string of the molecule is COC12CC(C(N)=O)(C1)C2c1ncc(Oc2cnc(N3CCC4(CCOC4)C3)nc2)s1. The van der Waals surface area contributed by atoms with Crippen molar-refractivity contribution in [3.8, 4) is 10.8 Å². The molecule has 9 nitrogen and oxygen atoms in total. The monoisotopic (exact) mass is 443 g/mol.